The van der Waals surface area contributed by atoms with Crippen molar-refractivity contribution >= 4 is 17.5 Å². The third-order valence-electron chi connectivity index (χ3n) is 6.18. The van der Waals surface area contributed by atoms with E-state index in [9.17, 15) is 4.79 Å². The van der Waals surface area contributed by atoms with Gasteiger partial charge in [0.05, 0.1) is 12.0 Å². The fourth-order valence-corrected chi connectivity index (χ4v) is 4.45. The molecular weight excluding hydrogens is 372 g/mol. The van der Waals surface area contributed by atoms with E-state index in [2.05, 4.69) is 29.3 Å². The normalized spacial score (nSPS) is 21.4. The van der Waals surface area contributed by atoms with Gasteiger partial charge in [0.2, 0.25) is 5.91 Å². The number of benzene rings is 1. The standard InChI is InChI=1S/C23H29ClN2O2/c1-2-20-9-10-21(28-20)16-26-13-3-4-17(15-26)14-25-22(27)23(11-12-23)18-5-7-19(24)8-6-18/h5-10,17H,2-4,11-16H2,1H3,(H,25,27)/t17-/m0/s1. The van der Waals surface area contributed by atoms with Crippen LogP contribution in [0.4, 0.5) is 0 Å². The number of likely N-dealkylation sites (tertiary alicyclic amines) is 1. The van der Waals surface area contributed by atoms with Gasteiger partial charge in [0.15, 0.2) is 0 Å². The Labute approximate surface area is 172 Å². The van der Waals surface area contributed by atoms with E-state index in [1.54, 1.807) is 0 Å². The van der Waals surface area contributed by atoms with Crippen LogP contribution in [0.3, 0.4) is 0 Å². The Kier molecular flexibility index (Phi) is 5.79. The van der Waals surface area contributed by atoms with Crippen LogP contribution in [0, 0.1) is 5.92 Å². The molecule has 4 nitrogen and oxygen atoms in total. The van der Waals surface area contributed by atoms with Gasteiger partial charge in [-0.25, -0.2) is 0 Å². The second-order valence-corrected chi connectivity index (χ2v) is 8.70. The number of amides is 1. The molecule has 1 aliphatic heterocycles. The Hall–Kier alpha value is -1.78. The third-order valence-corrected chi connectivity index (χ3v) is 6.43. The fraction of sp³-hybridized carbons (Fsp3) is 0.522. The van der Waals surface area contributed by atoms with Crippen LogP contribution in [-0.2, 0) is 23.2 Å². The van der Waals surface area contributed by atoms with E-state index < -0.39 is 0 Å². The number of furan rings is 1. The van der Waals surface area contributed by atoms with E-state index in [4.69, 9.17) is 16.0 Å². The maximum Gasteiger partial charge on any atom is 0.230 e. The number of nitrogens with zero attached hydrogens (tertiary/aromatic N) is 1. The first-order valence-electron chi connectivity index (χ1n) is 10.4. The highest BCUT2D eigenvalue weighted by molar-refractivity contribution is 6.30. The molecule has 1 N–H and O–H groups in total. The number of halogens is 1. The van der Waals surface area contributed by atoms with Gasteiger partial charge in [0.25, 0.3) is 0 Å². The topological polar surface area (TPSA) is 45.5 Å². The van der Waals surface area contributed by atoms with E-state index in [1.807, 2.05) is 24.3 Å². The molecule has 2 aliphatic rings. The van der Waals surface area contributed by atoms with E-state index in [0.29, 0.717) is 10.9 Å². The maximum atomic E-state index is 12.9. The molecule has 1 aliphatic carbocycles. The molecule has 0 bridgehead atoms. The third kappa shape index (κ3) is 4.28. The zero-order chi connectivity index (χ0) is 19.6. The highest BCUT2D eigenvalue weighted by Gasteiger charge is 2.51. The number of aryl methyl sites for hydroxylation is 1. The molecule has 28 heavy (non-hydrogen) atoms. The molecule has 1 atom stereocenters. The first-order chi connectivity index (χ1) is 13.6. The quantitative estimate of drug-likeness (QED) is 0.741. The molecule has 2 fully saturated rings. The molecule has 1 amide bonds. The van der Waals surface area contributed by atoms with Crippen LogP contribution < -0.4 is 5.32 Å². The summed E-state index contributed by atoms with van der Waals surface area (Å²) >= 11 is 5.99. The van der Waals surface area contributed by atoms with Gasteiger partial charge >= 0.3 is 0 Å². The van der Waals surface area contributed by atoms with Crippen molar-refractivity contribution in [3.8, 4) is 0 Å². The summed E-state index contributed by atoms with van der Waals surface area (Å²) in [6.45, 7) is 5.83. The molecule has 2 aromatic rings. The summed E-state index contributed by atoms with van der Waals surface area (Å²) < 4.78 is 5.86. The van der Waals surface area contributed by atoms with Crippen molar-refractivity contribution < 1.29 is 9.21 Å². The van der Waals surface area contributed by atoms with E-state index in [1.165, 1.54) is 12.8 Å². The molecule has 2 heterocycles. The van der Waals surface area contributed by atoms with Crippen molar-refractivity contribution in [3.05, 3.63) is 58.5 Å². The SMILES string of the molecule is CCc1ccc(CN2CCC[C@@H](CNC(=O)C3(c4ccc(Cl)cc4)CC3)C2)o1. The van der Waals surface area contributed by atoms with Crippen LogP contribution in [0.2, 0.25) is 5.02 Å². The van der Waals surface area contributed by atoms with Crippen molar-refractivity contribution in [2.45, 2.75) is 51.0 Å². The van der Waals surface area contributed by atoms with Gasteiger partial charge in [0.1, 0.15) is 11.5 Å². The average Bonchev–Trinajstić information content (AvgIpc) is 3.40. The summed E-state index contributed by atoms with van der Waals surface area (Å²) in [5, 5.41) is 3.96. The van der Waals surface area contributed by atoms with Crippen molar-refractivity contribution in [1.82, 2.24) is 10.2 Å². The molecule has 5 heteroatoms. The number of carbonyl (C=O) groups excluding carboxylic acids is 1. The predicted molar refractivity (Wildman–Crippen MR) is 111 cm³/mol. The lowest BCUT2D eigenvalue weighted by molar-refractivity contribution is -0.123. The van der Waals surface area contributed by atoms with Gasteiger partial charge in [-0.05, 0) is 68.0 Å². The molecule has 0 radical (unpaired) electrons. The van der Waals surface area contributed by atoms with E-state index in [-0.39, 0.29) is 11.3 Å². The number of rotatable bonds is 7. The summed E-state index contributed by atoms with van der Waals surface area (Å²) in [5.41, 5.74) is 0.758. The first kappa shape index (κ1) is 19.5. The summed E-state index contributed by atoms with van der Waals surface area (Å²) in [4.78, 5) is 15.3. The maximum absolute atomic E-state index is 12.9. The molecule has 150 valence electrons. The summed E-state index contributed by atoms with van der Waals surface area (Å²) in [7, 11) is 0. The number of carbonyl (C=O) groups is 1. The molecule has 4 rings (SSSR count). The van der Waals surface area contributed by atoms with Crippen LogP contribution >= 0.6 is 11.6 Å². The second-order valence-electron chi connectivity index (χ2n) is 8.26. The Balaban J connectivity index is 1.29. The Bertz CT molecular complexity index is 810. The monoisotopic (exact) mass is 400 g/mol. The van der Waals surface area contributed by atoms with Crippen LogP contribution in [0.5, 0.6) is 0 Å². The summed E-state index contributed by atoms with van der Waals surface area (Å²) in [6.07, 6.45) is 5.13. The molecule has 0 spiro atoms. The Morgan fingerprint density at radius 3 is 2.64 bits per heavy atom. The lowest BCUT2D eigenvalue weighted by Gasteiger charge is -2.32. The molecule has 1 aromatic carbocycles. The Morgan fingerprint density at radius 1 is 1.21 bits per heavy atom. The van der Waals surface area contributed by atoms with Gasteiger partial charge in [-0.3, -0.25) is 9.69 Å². The van der Waals surface area contributed by atoms with Gasteiger partial charge in [-0.1, -0.05) is 30.7 Å². The zero-order valence-electron chi connectivity index (χ0n) is 16.5. The molecule has 1 saturated carbocycles. The lowest BCUT2D eigenvalue weighted by Crippen LogP contribution is -2.43. The number of hydrogen-bond donors (Lipinski definition) is 1. The van der Waals surface area contributed by atoms with Crippen molar-refractivity contribution in [2.75, 3.05) is 19.6 Å². The molecular formula is C23H29ClN2O2. The predicted octanol–water partition coefficient (Wildman–Crippen LogP) is 4.56. The average molecular weight is 401 g/mol. The summed E-state index contributed by atoms with van der Waals surface area (Å²) in [6, 6.07) is 11.9. The summed E-state index contributed by atoms with van der Waals surface area (Å²) in [5.74, 6) is 2.76. The second kappa shape index (κ2) is 8.30. The molecule has 0 unspecified atom stereocenters. The largest absolute Gasteiger partial charge is 0.465 e. The number of piperidine rings is 1. The minimum Gasteiger partial charge on any atom is -0.465 e. The number of nitrogens with one attached hydrogen (secondary N) is 1. The van der Waals surface area contributed by atoms with E-state index >= 15 is 0 Å². The van der Waals surface area contributed by atoms with Crippen molar-refractivity contribution in [1.29, 1.82) is 0 Å². The number of hydrogen-bond acceptors (Lipinski definition) is 3. The van der Waals surface area contributed by atoms with Crippen molar-refractivity contribution in [3.63, 3.8) is 0 Å². The van der Waals surface area contributed by atoms with Crippen LogP contribution in [0.1, 0.15) is 49.7 Å². The fourth-order valence-electron chi connectivity index (χ4n) is 4.33. The highest BCUT2D eigenvalue weighted by atomic mass is 35.5. The lowest BCUT2D eigenvalue weighted by atomic mass is 9.93. The van der Waals surface area contributed by atoms with Gasteiger partial charge < -0.3 is 9.73 Å². The minimum absolute atomic E-state index is 0.172. The minimum atomic E-state index is -0.330. The smallest absolute Gasteiger partial charge is 0.230 e. The molecule has 1 aromatic heterocycles. The van der Waals surface area contributed by atoms with Crippen LogP contribution in [0.15, 0.2) is 40.8 Å². The van der Waals surface area contributed by atoms with E-state index in [0.717, 1.165) is 62.5 Å². The molecule has 1 saturated heterocycles. The highest BCUT2D eigenvalue weighted by Crippen LogP contribution is 2.48. The van der Waals surface area contributed by atoms with Crippen LogP contribution in [-0.4, -0.2) is 30.4 Å². The van der Waals surface area contributed by atoms with Gasteiger partial charge in [0, 0.05) is 24.5 Å². The zero-order valence-corrected chi connectivity index (χ0v) is 17.3. The first-order valence-corrected chi connectivity index (χ1v) is 10.8. The van der Waals surface area contributed by atoms with Crippen LogP contribution in [0.25, 0.3) is 0 Å². The van der Waals surface area contributed by atoms with Gasteiger partial charge in [-0.15, -0.1) is 0 Å². The van der Waals surface area contributed by atoms with Gasteiger partial charge in [-0.2, -0.15) is 0 Å². The van der Waals surface area contributed by atoms with Crippen molar-refractivity contribution in [2.24, 2.45) is 5.92 Å². The Morgan fingerprint density at radius 2 is 1.96 bits per heavy atom.